The van der Waals surface area contributed by atoms with Gasteiger partial charge in [0.15, 0.2) is 0 Å². The highest BCUT2D eigenvalue weighted by molar-refractivity contribution is 7.89. The van der Waals surface area contributed by atoms with Crippen LogP contribution in [0.1, 0.15) is 53.0 Å². The van der Waals surface area contributed by atoms with Crippen LogP contribution in [0.4, 0.5) is 10.5 Å². The van der Waals surface area contributed by atoms with Crippen molar-refractivity contribution in [3.8, 4) is 11.1 Å². The second kappa shape index (κ2) is 16.6. The van der Waals surface area contributed by atoms with Crippen LogP contribution in [-0.4, -0.2) is 67.2 Å². The molecule has 46 heavy (non-hydrogen) atoms. The van der Waals surface area contributed by atoms with Crippen molar-refractivity contribution < 1.29 is 27.9 Å². The first-order chi connectivity index (χ1) is 21.7. The number of nitrogens with one attached hydrogen (secondary N) is 2. The summed E-state index contributed by atoms with van der Waals surface area (Å²) >= 11 is 0. The van der Waals surface area contributed by atoms with Crippen molar-refractivity contribution in [3.63, 3.8) is 0 Å². The van der Waals surface area contributed by atoms with Gasteiger partial charge in [0.1, 0.15) is 11.6 Å². The number of alkyl carbamates (subject to hydrolysis) is 1. The average Bonchev–Trinajstić information content (AvgIpc) is 2.99. The van der Waals surface area contributed by atoms with Crippen molar-refractivity contribution in [3.05, 3.63) is 84.4 Å². The van der Waals surface area contributed by atoms with Crippen molar-refractivity contribution in [2.45, 2.75) is 76.5 Å². The molecule has 3 rings (SSSR count). The van der Waals surface area contributed by atoms with E-state index in [0.717, 1.165) is 16.7 Å². The zero-order valence-electron chi connectivity index (χ0n) is 27.4. The Hall–Kier alpha value is -3.93. The molecular weight excluding hydrogens is 604 g/mol. The number of hydrogen-bond acceptors (Lipinski definition) is 7. The highest BCUT2D eigenvalue weighted by Crippen LogP contribution is 2.25. The van der Waals surface area contributed by atoms with Gasteiger partial charge in [-0.2, -0.15) is 4.31 Å². The lowest BCUT2D eigenvalue weighted by Gasteiger charge is -2.31. The maximum Gasteiger partial charge on any atom is 0.408 e. The molecule has 0 unspecified atom stereocenters. The number of carbonyl (C=O) groups excluding carboxylic acids is 2. The molecule has 0 heterocycles. The smallest absolute Gasteiger partial charge is 0.408 e. The number of nitrogen functional groups attached to an aromatic ring is 1. The van der Waals surface area contributed by atoms with E-state index in [1.807, 2.05) is 68.4 Å². The van der Waals surface area contributed by atoms with Gasteiger partial charge in [-0.05, 0) is 80.5 Å². The molecule has 0 fully saturated rings. The second-order valence-corrected chi connectivity index (χ2v) is 14.6. The summed E-state index contributed by atoms with van der Waals surface area (Å²) in [6.45, 7) is 9.11. The molecule has 0 aliphatic heterocycles. The van der Waals surface area contributed by atoms with E-state index >= 15 is 0 Å². The zero-order valence-corrected chi connectivity index (χ0v) is 28.2. The number of hydrogen-bond donors (Lipinski definition) is 4. The molecule has 2 amide bonds. The number of aliphatic hydroxyl groups is 1. The topological polar surface area (TPSA) is 151 Å². The van der Waals surface area contributed by atoms with Crippen LogP contribution in [0.5, 0.6) is 0 Å². The van der Waals surface area contributed by atoms with Gasteiger partial charge < -0.3 is 26.2 Å². The molecular formula is C35H48N4O6S. The van der Waals surface area contributed by atoms with Crippen LogP contribution in [0.15, 0.2) is 83.8 Å². The van der Waals surface area contributed by atoms with Crippen molar-refractivity contribution in [2.24, 2.45) is 5.92 Å². The van der Waals surface area contributed by atoms with Crippen LogP contribution in [-0.2, 0) is 26.0 Å². The molecule has 250 valence electrons. The molecule has 0 spiro atoms. The highest BCUT2D eigenvalue weighted by Gasteiger charge is 2.32. The van der Waals surface area contributed by atoms with Crippen LogP contribution in [0.2, 0.25) is 0 Å². The molecule has 3 aromatic rings. The van der Waals surface area contributed by atoms with Crippen molar-refractivity contribution in [1.82, 2.24) is 14.9 Å². The lowest BCUT2D eigenvalue weighted by Crippen LogP contribution is -2.49. The van der Waals surface area contributed by atoms with Gasteiger partial charge in [0.25, 0.3) is 0 Å². The Bertz CT molecular complexity index is 1520. The van der Waals surface area contributed by atoms with Gasteiger partial charge in [-0.3, -0.25) is 4.79 Å². The minimum atomic E-state index is -3.91. The summed E-state index contributed by atoms with van der Waals surface area (Å²) in [5, 5.41) is 15.9. The Morgan fingerprint density at radius 3 is 2.20 bits per heavy atom. The summed E-state index contributed by atoms with van der Waals surface area (Å²) in [5.41, 5.74) is 8.28. The predicted octanol–water partition coefficient (Wildman–Crippen LogP) is 4.98. The van der Waals surface area contributed by atoms with Crippen LogP contribution >= 0.6 is 0 Å². The average molecular weight is 653 g/mol. The quantitative estimate of drug-likeness (QED) is 0.134. The number of sulfonamides is 1. The second-order valence-electron chi connectivity index (χ2n) is 12.7. The Labute approximate surface area is 273 Å². The van der Waals surface area contributed by atoms with E-state index in [4.69, 9.17) is 10.5 Å². The number of ether oxygens (including phenoxy) is 1. The first kappa shape index (κ1) is 36.5. The number of nitrogens with two attached hydrogens (primary N) is 1. The summed E-state index contributed by atoms with van der Waals surface area (Å²) in [6.07, 6.45) is 0.209. The van der Waals surface area contributed by atoms with Crippen molar-refractivity contribution in [1.29, 1.82) is 0 Å². The van der Waals surface area contributed by atoms with Gasteiger partial charge in [-0.15, -0.1) is 0 Å². The molecule has 0 saturated carbocycles. The van der Waals surface area contributed by atoms with E-state index in [-0.39, 0.29) is 36.9 Å². The maximum atomic E-state index is 13.6. The minimum Gasteiger partial charge on any atom is -0.444 e. The number of amides is 2. The summed E-state index contributed by atoms with van der Waals surface area (Å²) in [6, 6.07) is 21.9. The number of anilines is 1. The van der Waals surface area contributed by atoms with Crippen LogP contribution in [0, 0.1) is 5.92 Å². The van der Waals surface area contributed by atoms with E-state index in [1.165, 1.54) is 28.6 Å². The van der Waals surface area contributed by atoms with Gasteiger partial charge in [-0.25, -0.2) is 13.2 Å². The molecule has 0 aliphatic carbocycles. The minimum absolute atomic E-state index is 0.00996. The van der Waals surface area contributed by atoms with Crippen molar-refractivity contribution in [2.75, 3.05) is 25.4 Å². The summed E-state index contributed by atoms with van der Waals surface area (Å²) in [5.74, 6) is -0.390. The predicted molar refractivity (Wildman–Crippen MR) is 181 cm³/mol. The van der Waals surface area contributed by atoms with Crippen molar-refractivity contribution >= 4 is 27.7 Å². The third-order valence-corrected chi connectivity index (χ3v) is 9.13. The Morgan fingerprint density at radius 2 is 1.59 bits per heavy atom. The lowest BCUT2D eigenvalue weighted by molar-refractivity contribution is -0.123. The van der Waals surface area contributed by atoms with Gasteiger partial charge in [0.2, 0.25) is 15.9 Å². The van der Waals surface area contributed by atoms with Gasteiger partial charge in [0.05, 0.1) is 11.5 Å². The fourth-order valence-corrected chi connectivity index (χ4v) is 6.86. The number of rotatable bonds is 15. The molecule has 0 bridgehead atoms. The van der Waals surface area contributed by atoms with E-state index in [2.05, 4.69) is 10.6 Å². The molecule has 5 N–H and O–H groups in total. The third kappa shape index (κ3) is 10.9. The molecule has 2 atom stereocenters. The highest BCUT2D eigenvalue weighted by atomic mass is 32.2. The zero-order chi connectivity index (χ0) is 33.9. The molecule has 11 heteroatoms. The Balaban J connectivity index is 1.74. The Kier molecular flexibility index (Phi) is 13.2. The summed E-state index contributed by atoms with van der Waals surface area (Å²) < 4.78 is 33.9. The van der Waals surface area contributed by atoms with Crippen LogP contribution in [0.3, 0.4) is 0 Å². The van der Waals surface area contributed by atoms with Gasteiger partial charge in [0, 0.05) is 31.2 Å². The largest absolute Gasteiger partial charge is 0.444 e. The van der Waals surface area contributed by atoms with E-state index in [0.29, 0.717) is 18.5 Å². The van der Waals surface area contributed by atoms with E-state index < -0.39 is 39.7 Å². The Morgan fingerprint density at radius 1 is 0.957 bits per heavy atom. The summed E-state index contributed by atoms with van der Waals surface area (Å²) in [4.78, 5) is 26.4. The molecule has 10 nitrogen and oxygen atoms in total. The normalized spacial score (nSPS) is 13.3. The van der Waals surface area contributed by atoms with Gasteiger partial charge >= 0.3 is 6.09 Å². The molecule has 0 saturated heterocycles. The number of benzene rings is 3. The SMILES string of the molecule is CC(C)CN([C@H](CO)CCCNC(=O)[C@H](Cc1ccccc1-c1ccccc1)NC(=O)OC(C)(C)C)S(=O)(=O)c1ccc(N)cc1. The van der Waals surface area contributed by atoms with Crippen LogP contribution < -0.4 is 16.4 Å². The number of nitrogens with zero attached hydrogens (tertiary/aromatic N) is 1. The van der Waals surface area contributed by atoms with E-state index in [1.54, 1.807) is 20.8 Å². The first-order valence-electron chi connectivity index (χ1n) is 15.6. The molecule has 0 radical (unpaired) electrons. The van der Waals surface area contributed by atoms with E-state index in [9.17, 15) is 23.1 Å². The first-order valence-corrected chi connectivity index (χ1v) is 17.0. The molecule has 0 aromatic heterocycles. The standard InChI is InChI=1S/C35H48N4O6S/c1-25(2)23-39(46(43,44)30-19-17-28(36)18-20-30)29(24-40)15-11-21-37-33(41)32(38-34(42)45-35(3,4)5)22-27-14-9-10-16-31(27)26-12-7-6-8-13-26/h6-10,12-14,16-20,25,29,32,40H,11,15,21-24,36H2,1-5H3,(H,37,41)(H,38,42)/t29-,32-/m0/s1. The van der Waals surface area contributed by atoms with Gasteiger partial charge in [-0.1, -0.05) is 68.4 Å². The molecule has 0 aliphatic rings. The number of carbonyl (C=O) groups is 2. The lowest BCUT2D eigenvalue weighted by atomic mass is 9.95. The van der Waals surface area contributed by atoms with Crippen LogP contribution in [0.25, 0.3) is 11.1 Å². The fraction of sp³-hybridized carbons (Fsp3) is 0.429. The third-order valence-electron chi connectivity index (χ3n) is 7.20. The fourth-order valence-electron chi connectivity index (χ4n) is 5.05. The monoisotopic (exact) mass is 652 g/mol. The summed E-state index contributed by atoms with van der Waals surface area (Å²) in [7, 11) is -3.91. The molecule has 3 aromatic carbocycles. The number of aliphatic hydroxyl groups excluding tert-OH is 1. The maximum absolute atomic E-state index is 13.6.